The minimum Gasteiger partial charge on any atom is -0.314 e. The van der Waals surface area contributed by atoms with Crippen molar-refractivity contribution < 1.29 is 4.39 Å². The molecule has 1 aliphatic rings. The van der Waals surface area contributed by atoms with Crippen LogP contribution in [0.15, 0.2) is 24.3 Å². The highest BCUT2D eigenvalue weighted by atomic mass is 19.1. The van der Waals surface area contributed by atoms with Crippen LogP contribution in [0.5, 0.6) is 0 Å². The number of rotatable bonds is 4. The fourth-order valence-corrected chi connectivity index (χ4v) is 2.77. The van der Waals surface area contributed by atoms with Crippen molar-refractivity contribution in [3.05, 3.63) is 35.6 Å². The van der Waals surface area contributed by atoms with Gasteiger partial charge in [0.05, 0.1) is 0 Å². The van der Waals surface area contributed by atoms with Crippen molar-refractivity contribution in [2.45, 2.75) is 26.3 Å². The molecular weight excluding hydrogens is 227 g/mol. The van der Waals surface area contributed by atoms with Gasteiger partial charge in [-0.2, -0.15) is 0 Å². The lowest BCUT2D eigenvalue weighted by molar-refractivity contribution is 0.128. The van der Waals surface area contributed by atoms with Crippen LogP contribution in [0.4, 0.5) is 4.39 Å². The Morgan fingerprint density at radius 2 is 2.06 bits per heavy atom. The number of halogens is 1. The Hall–Kier alpha value is -0.930. The van der Waals surface area contributed by atoms with E-state index < -0.39 is 0 Å². The first-order valence-corrected chi connectivity index (χ1v) is 6.92. The lowest BCUT2D eigenvalue weighted by Crippen LogP contribution is -2.46. The SMILES string of the molecule is CCC(C)[C@@H](c1cccc(F)c1)N1CCNCC1. The summed E-state index contributed by atoms with van der Waals surface area (Å²) in [4.78, 5) is 2.49. The van der Waals surface area contributed by atoms with Crippen molar-refractivity contribution >= 4 is 0 Å². The molecule has 1 fully saturated rings. The van der Waals surface area contributed by atoms with Crippen molar-refractivity contribution in [3.8, 4) is 0 Å². The molecule has 1 aliphatic heterocycles. The van der Waals surface area contributed by atoms with Crippen LogP contribution in [-0.4, -0.2) is 31.1 Å². The van der Waals surface area contributed by atoms with E-state index in [0.29, 0.717) is 12.0 Å². The molecule has 0 aliphatic carbocycles. The predicted octanol–water partition coefficient (Wildman–Crippen LogP) is 2.82. The van der Waals surface area contributed by atoms with Gasteiger partial charge >= 0.3 is 0 Å². The molecule has 18 heavy (non-hydrogen) atoms. The Balaban J connectivity index is 2.23. The first-order chi connectivity index (χ1) is 8.72. The van der Waals surface area contributed by atoms with Crippen LogP contribution in [0.1, 0.15) is 31.9 Å². The Morgan fingerprint density at radius 1 is 1.33 bits per heavy atom. The monoisotopic (exact) mass is 250 g/mol. The zero-order valence-electron chi connectivity index (χ0n) is 11.3. The minimum absolute atomic E-state index is 0.129. The zero-order chi connectivity index (χ0) is 13.0. The molecule has 2 rings (SSSR count). The molecule has 0 aromatic heterocycles. The lowest BCUT2D eigenvalue weighted by atomic mass is 9.90. The highest BCUT2D eigenvalue weighted by Crippen LogP contribution is 2.31. The Kier molecular flexibility index (Phi) is 4.72. The first kappa shape index (κ1) is 13.5. The van der Waals surface area contributed by atoms with Gasteiger partial charge in [0, 0.05) is 32.2 Å². The van der Waals surface area contributed by atoms with E-state index in [1.165, 1.54) is 6.07 Å². The molecule has 1 unspecified atom stereocenters. The van der Waals surface area contributed by atoms with Crippen LogP contribution < -0.4 is 5.32 Å². The number of piperazine rings is 1. The van der Waals surface area contributed by atoms with Crippen molar-refractivity contribution in [1.29, 1.82) is 0 Å². The highest BCUT2D eigenvalue weighted by Gasteiger charge is 2.26. The second kappa shape index (κ2) is 6.30. The normalized spacial score (nSPS) is 20.6. The summed E-state index contributed by atoms with van der Waals surface area (Å²) >= 11 is 0. The smallest absolute Gasteiger partial charge is 0.123 e. The second-order valence-corrected chi connectivity index (χ2v) is 5.17. The molecule has 1 N–H and O–H groups in total. The molecule has 100 valence electrons. The van der Waals surface area contributed by atoms with E-state index in [4.69, 9.17) is 0 Å². The van der Waals surface area contributed by atoms with E-state index in [2.05, 4.69) is 30.1 Å². The molecule has 2 nitrogen and oxygen atoms in total. The summed E-state index contributed by atoms with van der Waals surface area (Å²) in [5, 5.41) is 3.37. The van der Waals surface area contributed by atoms with Crippen molar-refractivity contribution in [2.24, 2.45) is 5.92 Å². The molecular formula is C15H23FN2. The standard InChI is InChI=1S/C15H23FN2/c1-3-12(2)15(18-9-7-17-8-10-18)13-5-4-6-14(16)11-13/h4-6,11-12,15,17H,3,7-10H2,1-2H3/t12?,15-/m0/s1. The Labute approximate surface area is 109 Å². The third kappa shape index (κ3) is 3.09. The average Bonchev–Trinajstić information content (AvgIpc) is 2.40. The summed E-state index contributed by atoms with van der Waals surface area (Å²) in [6.07, 6.45) is 1.12. The van der Waals surface area contributed by atoms with E-state index in [9.17, 15) is 4.39 Å². The summed E-state index contributed by atoms with van der Waals surface area (Å²) in [5.74, 6) is 0.417. The van der Waals surface area contributed by atoms with Crippen LogP contribution in [-0.2, 0) is 0 Å². The fourth-order valence-electron chi connectivity index (χ4n) is 2.77. The second-order valence-electron chi connectivity index (χ2n) is 5.17. The maximum atomic E-state index is 13.4. The van der Waals surface area contributed by atoms with Gasteiger partial charge in [-0.15, -0.1) is 0 Å². The van der Waals surface area contributed by atoms with Gasteiger partial charge in [-0.1, -0.05) is 32.4 Å². The molecule has 1 saturated heterocycles. The fraction of sp³-hybridized carbons (Fsp3) is 0.600. The maximum absolute atomic E-state index is 13.4. The number of hydrogen-bond acceptors (Lipinski definition) is 2. The molecule has 0 bridgehead atoms. The molecule has 0 spiro atoms. The van der Waals surface area contributed by atoms with Gasteiger partial charge in [0.15, 0.2) is 0 Å². The topological polar surface area (TPSA) is 15.3 Å². The summed E-state index contributed by atoms with van der Waals surface area (Å²) < 4.78 is 13.4. The molecule has 0 radical (unpaired) electrons. The molecule has 2 atom stereocenters. The van der Waals surface area contributed by atoms with E-state index in [1.807, 2.05) is 6.07 Å². The molecule has 0 saturated carbocycles. The van der Waals surface area contributed by atoms with E-state index >= 15 is 0 Å². The van der Waals surface area contributed by atoms with Crippen LogP contribution in [0.2, 0.25) is 0 Å². The molecule has 1 aromatic rings. The summed E-state index contributed by atoms with van der Waals surface area (Å²) in [6, 6.07) is 7.44. The van der Waals surface area contributed by atoms with Gasteiger partial charge < -0.3 is 5.32 Å². The van der Waals surface area contributed by atoms with Gasteiger partial charge in [0.1, 0.15) is 5.82 Å². The Morgan fingerprint density at radius 3 is 2.67 bits per heavy atom. The zero-order valence-corrected chi connectivity index (χ0v) is 11.3. The highest BCUT2D eigenvalue weighted by molar-refractivity contribution is 5.21. The van der Waals surface area contributed by atoms with E-state index in [-0.39, 0.29) is 5.82 Å². The molecule has 3 heteroatoms. The number of benzene rings is 1. The molecule has 1 aromatic carbocycles. The van der Waals surface area contributed by atoms with E-state index in [1.54, 1.807) is 6.07 Å². The van der Waals surface area contributed by atoms with Gasteiger partial charge in [0.2, 0.25) is 0 Å². The molecule has 0 amide bonds. The average molecular weight is 250 g/mol. The first-order valence-electron chi connectivity index (χ1n) is 6.92. The lowest BCUT2D eigenvalue weighted by Gasteiger charge is -2.38. The summed E-state index contributed by atoms with van der Waals surface area (Å²) in [6.45, 7) is 8.62. The van der Waals surface area contributed by atoms with Crippen molar-refractivity contribution in [1.82, 2.24) is 10.2 Å². The van der Waals surface area contributed by atoms with Crippen LogP contribution in [0.3, 0.4) is 0 Å². The minimum atomic E-state index is -0.129. The van der Waals surface area contributed by atoms with Crippen LogP contribution >= 0.6 is 0 Å². The maximum Gasteiger partial charge on any atom is 0.123 e. The molecule has 1 heterocycles. The quantitative estimate of drug-likeness (QED) is 0.884. The third-order valence-electron chi connectivity index (χ3n) is 3.92. The van der Waals surface area contributed by atoms with Crippen LogP contribution in [0.25, 0.3) is 0 Å². The third-order valence-corrected chi connectivity index (χ3v) is 3.92. The van der Waals surface area contributed by atoms with Gasteiger partial charge in [-0.3, -0.25) is 4.90 Å². The Bertz CT molecular complexity index is 375. The van der Waals surface area contributed by atoms with E-state index in [0.717, 1.165) is 38.2 Å². The van der Waals surface area contributed by atoms with Crippen molar-refractivity contribution in [2.75, 3.05) is 26.2 Å². The van der Waals surface area contributed by atoms with Gasteiger partial charge in [0.25, 0.3) is 0 Å². The summed E-state index contributed by atoms with van der Waals surface area (Å²) in [5.41, 5.74) is 1.12. The number of nitrogens with one attached hydrogen (secondary N) is 1. The predicted molar refractivity (Wildman–Crippen MR) is 73.0 cm³/mol. The van der Waals surface area contributed by atoms with Crippen LogP contribution in [0, 0.1) is 11.7 Å². The largest absolute Gasteiger partial charge is 0.314 e. The number of hydrogen-bond donors (Lipinski definition) is 1. The summed E-state index contributed by atoms with van der Waals surface area (Å²) in [7, 11) is 0. The van der Waals surface area contributed by atoms with Gasteiger partial charge in [-0.25, -0.2) is 4.39 Å². The van der Waals surface area contributed by atoms with Gasteiger partial charge in [-0.05, 0) is 23.6 Å². The van der Waals surface area contributed by atoms with Crippen molar-refractivity contribution in [3.63, 3.8) is 0 Å². The number of nitrogens with zero attached hydrogens (tertiary/aromatic N) is 1.